The molecule has 16 heavy (non-hydrogen) atoms. The Morgan fingerprint density at radius 2 is 2.19 bits per heavy atom. The second kappa shape index (κ2) is 3.90. The Bertz CT molecular complexity index is 446. The maximum absolute atomic E-state index is 11.5. The maximum Gasteiger partial charge on any atom is 0.259 e. The highest BCUT2D eigenvalue weighted by Crippen LogP contribution is 2.28. The highest BCUT2D eigenvalue weighted by atomic mass is 16.6. The van der Waals surface area contributed by atoms with Crippen molar-refractivity contribution in [3.05, 3.63) is 45.5 Å². The number of fused-ring (bicyclic) bond motifs is 1. The van der Waals surface area contributed by atoms with Crippen molar-refractivity contribution in [2.24, 2.45) is 0 Å². The van der Waals surface area contributed by atoms with E-state index in [1.807, 2.05) is 0 Å². The lowest BCUT2D eigenvalue weighted by molar-refractivity contribution is -0.530. The molecule has 2 atom stereocenters. The zero-order chi connectivity index (χ0) is 11.7. The van der Waals surface area contributed by atoms with Crippen molar-refractivity contribution in [1.82, 2.24) is 5.32 Å². The van der Waals surface area contributed by atoms with Crippen LogP contribution in [0.3, 0.4) is 0 Å². The van der Waals surface area contributed by atoms with Crippen molar-refractivity contribution in [1.29, 1.82) is 0 Å². The average molecular weight is 222 g/mol. The van der Waals surface area contributed by atoms with Gasteiger partial charge in [0.1, 0.15) is 12.6 Å². The Morgan fingerprint density at radius 3 is 2.81 bits per heavy atom. The monoisotopic (exact) mass is 222 g/mol. The minimum Gasteiger partial charge on any atom is -0.389 e. The van der Waals surface area contributed by atoms with Gasteiger partial charge in [0.2, 0.25) is 0 Å². The van der Waals surface area contributed by atoms with E-state index in [4.69, 9.17) is 5.11 Å². The number of carbonyl (C=O) groups excluding carboxylic acids is 1. The molecule has 0 radical (unpaired) electrons. The van der Waals surface area contributed by atoms with Crippen LogP contribution in [0.2, 0.25) is 0 Å². The van der Waals surface area contributed by atoms with Gasteiger partial charge in [-0.15, -0.1) is 0 Å². The zero-order valence-corrected chi connectivity index (χ0v) is 8.29. The Morgan fingerprint density at radius 1 is 1.50 bits per heavy atom. The summed E-state index contributed by atoms with van der Waals surface area (Å²) in [6, 6.07) is 4.72. The van der Waals surface area contributed by atoms with E-state index in [1.54, 1.807) is 24.3 Å². The third-order valence-electron chi connectivity index (χ3n) is 2.67. The van der Waals surface area contributed by atoms with E-state index in [9.17, 15) is 14.9 Å². The minimum absolute atomic E-state index is 0.332. The molecule has 0 saturated carbocycles. The molecule has 0 saturated heterocycles. The van der Waals surface area contributed by atoms with E-state index < -0.39 is 23.6 Å². The van der Waals surface area contributed by atoms with E-state index in [-0.39, 0.29) is 5.91 Å². The van der Waals surface area contributed by atoms with Gasteiger partial charge in [-0.3, -0.25) is 14.9 Å². The number of benzene rings is 1. The highest BCUT2D eigenvalue weighted by Gasteiger charge is 2.40. The van der Waals surface area contributed by atoms with Gasteiger partial charge in [0.15, 0.2) is 0 Å². The quantitative estimate of drug-likeness (QED) is 0.560. The molecular weight excluding hydrogens is 212 g/mol. The maximum atomic E-state index is 11.5. The molecule has 1 aliphatic rings. The summed E-state index contributed by atoms with van der Waals surface area (Å²) in [5.41, 5.74) is 1.01. The molecular formula is C10H10N2O4. The fourth-order valence-electron chi connectivity index (χ4n) is 1.87. The van der Waals surface area contributed by atoms with Gasteiger partial charge in [-0.25, -0.2) is 0 Å². The van der Waals surface area contributed by atoms with E-state index >= 15 is 0 Å². The van der Waals surface area contributed by atoms with Crippen LogP contribution in [0.4, 0.5) is 0 Å². The van der Waals surface area contributed by atoms with Gasteiger partial charge in [0, 0.05) is 10.5 Å². The molecule has 2 unspecified atom stereocenters. The molecule has 0 spiro atoms. The molecule has 6 heteroatoms. The first-order valence-electron chi connectivity index (χ1n) is 4.79. The summed E-state index contributed by atoms with van der Waals surface area (Å²) in [5.74, 6) is -0.332. The summed E-state index contributed by atoms with van der Waals surface area (Å²) < 4.78 is 0. The lowest BCUT2D eigenvalue weighted by Gasteiger charge is -2.14. The Labute approximate surface area is 91.0 Å². The molecule has 1 aromatic carbocycles. The van der Waals surface area contributed by atoms with Crippen LogP contribution < -0.4 is 5.32 Å². The number of nitrogens with zero attached hydrogens (tertiary/aromatic N) is 1. The number of aliphatic hydroxyl groups is 1. The van der Waals surface area contributed by atoms with E-state index in [2.05, 4.69) is 5.32 Å². The molecule has 1 aromatic rings. The first-order chi connectivity index (χ1) is 7.65. The van der Waals surface area contributed by atoms with E-state index in [1.165, 1.54) is 0 Å². The first kappa shape index (κ1) is 10.6. The summed E-state index contributed by atoms with van der Waals surface area (Å²) in [7, 11) is 0. The molecule has 1 aliphatic heterocycles. The third-order valence-corrected chi connectivity index (χ3v) is 2.67. The number of nitro groups is 1. The molecule has 1 heterocycles. The number of aliphatic hydroxyl groups excluding tert-OH is 1. The molecule has 1 amide bonds. The predicted octanol–water partition coefficient (Wildman–Crippen LogP) is 0.109. The Hall–Kier alpha value is -1.95. The SMILES string of the molecule is O=C1NC(C(CO)[N+](=O)[O-])c2ccccc21. The van der Waals surface area contributed by atoms with Gasteiger partial charge >= 0.3 is 0 Å². The van der Waals surface area contributed by atoms with E-state index in [0.717, 1.165) is 0 Å². The summed E-state index contributed by atoms with van der Waals surface area (Å²) in [6.07, 6.45) is 0. The fraction of sp³-hybridized carbons (Fsp3) is 0.300. The summed E-state index contributed by atoms with van der Waals surface area (Å²) in [4.78, 5) is 21.7. The second-order valence-corrected chi connectivity index (χ2v) is 3.57. The molecule has 6 nitrogen and oxygen atoms in total. The fourth-order valence-corrected chi connectivity index (χ4v) is 1.87. The molecule has 0 bridgehead atoms. The number of amides is 1. The van der Waals surface area contributed by atoms with Crippen LogP contribution in [0.1, 0.15) is 22.0 Å². The average Bonchev–Trinajstić information content (AvgIpc) is 2.58. The second-order valence-electron chi connectivity index (χ2n) is 3.57. The number of carbonyl (C=O) groups is 1. The Kier molecular flexibility index (Phi) is 2.57. The molecule has 0 aliphatic carbocycles. The number of hydrogen-bond donors (Lipinski definition) is 2. The largest absolute Gasteiger partial charge is 0.389 e. The standard InChI is InChI=1S/C10H10N2O4/c13-5-8(12(15)16)9-6-3-1-2-4-7(6)10(14)11-9/h1-4,8-9,13H,5H2,(H,11,14). The normalized spacial score (nSPS) is 20.1. The van der Waals surface area contributed by atoms with Gasteiger partial charge in [-0.05, 0) is 11.6 Å². The number of rotatable bonds is 3. The zero-order valence-electron chi connectivity index (χ0n) is 8.29. The number of hydrogen-bond acceptors (Lipinski definition) is 4. The predicted molar refractivity (Wildman–Crippen MR) is 54.5 cm³/mol. The van der Waals surface area contributed by atoms with Gasteiger partial charge in [-0.2, -0.15) is 0 Å². The van der Waals surface area contributed by atoms with Crippen LogP contribution in [-0.2, 0) is 0 Å². The lowest BCUT2D eigenvalue weighted by atomic mass is 10.00. The van der Waals surface area contributed by atoms with Crippen molar-refractivity contribution >= 4 is 5.91 Å². The van der Waals surface area contributed by atoms with Crippen molar-refractivity contribution in [2.75, 3.05) is 6.61 Å². The smallest absolute Gasteiger partial charge is 0.259 e. The highest BCUT2D eigenvalue weighted by molar-refractivity contribution is 5.99. The lowest BCUT2D eigenvalue weighted by Crippen LogP contribution is -2.37. The van der Waals surface area contributed by atoms with Crippen LogP contribution in [-0.4, -0.2) is 28.6 Å². The first-order valence-corrected chi connectivity index (χ1v) is 4.79. The number of nitrogens with one attached hydrogen (secondary N) is 1. The summed E-state index contributed by atoms with van der Waals surface area (Å²) >= 11 is 0. The van der Waals surface area contributed by atoms with Gasteiger partial charge in [0.25, 0.3) is 11.9 Å². The molecule has 2 N–H and O–H groups in total. The van der Waals surface area contributed by atoms with Crippen LogP contribution in [0.5, 0.6) is 0 Å². The van der Waals surface area contributed by atoms with E-state index in [0.29, 0.717) is 11.1 Å². The Balaban J connectivity index is 2.40. The van der Waals surface area contributed by atoms with Crippen molar-refractivity contribution < 1.29 is 14.8 Å². The molecule has 0 fully saturated rings. The van der Waals surface area contributed by atoms with Gasteiger partial charge < -0.3 is 10.4 Å². The van der Waals surface area contributed by atoms with Crippen LogP contribution in [0.15, 0.2) is 24.3 Å². The minimum atomic E-state index is -1.20. The van der Waals surface area contributed by atoms with Crippen molar-refractivity contribution in [3.8, 4) is 0 Å². The summed E-state index contributed by atoms with van der Waals surface area (Å²) in [6.45, 7) is -0.605. The van der Waals surface area contributed by atoms with Crippen molar-refractivity contribution in [3.63, 3.8) is 0 Å². The topological polar surface area (TPSA) is 92.5 Å². The van der Waals surface area contributed by atoms with Gasteiger partial charge in [-0.1, -0.05) is 18.2 Å². The van der Waals surface area contributed by atoms with Crippen LogP contribution in [0, 0.1) is 10.1 Å². The molecule has 84 valence electrons. The molecule has 0 aromatic heterocycles. The third kappa shape index (κ3) is 1.53. The van der Waals surface area contributed by atoms with Crippen LogP contribution >= 0.6 is 0 Å². The molecule has 2 rings (SSSR count). The van der Waals surface area contributed by atoms with Crippen molar-refractivity contribution in [2.45, 2.75) is 12.1 Å². The summed E-state index contributed by atoms with van der Waals surface area (Å²) in [5, 5.41) is 22.2. The van der Waals surface area contributed by atoms with Gasteiger partial charge in [0.05, 0.1) is 0 Å². The van der Waals surface area contributed by atoms with Crippen LogP contribution in [0.25, 0.3) is 0 Å².